The van der Waals surface area contributed by atoms with Crippen LogP contribution >= 0.6 is 0 Å². The van der Waals surface area contributed by atoms with Gasteiger partial charge in [0.1, 0.15) is 0 Å². The second kappa shape index (κ2) is 29.2. The topological polar surface area (TPSA) is 3.24 Å². The van der Waals surface area contributed by atoms with Crippen LogP contribution in [0.25, 0.3) is 0 Å². The van der Waals surface area contributed by atoms with Gasteiger partial charge in [0, 0.05) is 6.54 Å². The van der Waals surface area contributed by atoms with Crippen molar-refractivity contribution >= 4 is 0 Å². The normalized spacial score (nSPS) is 11.6. The van der Waals surface area contributed by atoms with Crippen molar-refractivity contribution < 1.29 is 0 Å². The van der Waals surface area contributed by atoms with Crippen molar-refractivity contribution in [1.82, 2.24) is 4.90 Å². The highest BCUT2D eigenvalue weighted by molar-refractivity contribution is 5.14. The molecule has 0 aliphatic rings. The molecule has 0 bridgehead atoms. The molecule has 222 valence electrons. The Morgan fingerprint density at radius 2 is 0.658 bits per heavy atom. The molecule has 0 saturated carbocycles. The molecule has 0 aromatic heterocycles. The fourth-order valence-electron chi connectivity index (χ4n) is 5.82. The van der Waals surface area contributed by atoms with Crippen molar-refractivity contribution in [3.8, 4) is 0 Å². The van der Waals surface area contributed by atoms with Crippen LogP contribution in [-0.4, -0.2) is 18.0 Å². The largest absolute Gasteiger partial charge is 0.299 e. The Morgan fingerprint density at radius 3 is 0.974 bits per heavy atom. The Balaban J connectivity index is 2.04. The third-order valence-corrected chi connectivity index (χ3v) is 8.40. The molecule has 0 fully saturated rings. The number of nitrogens with zero attached hydrogens (tertiary/aromatic N) is 1. The Labute approximate surface area is 241 Å². The van der Waals surface area contributed by atoms with E-state index in [1.807, 2.05) is 0 Å². The van der Waals surface area contributed by atoms with Gasteiger partial charge in [0.25, 0.3) is 0 Å². The van der Waals surface area contributed by atoms with Gasteiger partial charge in [-0.2, -0.15) is 0 Å². The van der Waals surface area contributed by atoms with Crippen molar-refractivity contribution in [3.05, 3.63) is 35.9 Å². The molecule has 0 spiro atoms. The van der Waals surface area contributed by atoms with Crippen molar-refractivity contribution in [3.63, 3.8) is 0 Å². The van der Waals surface area contributed by atoms with E-state index < -0.39 is 0 Å². The predicted molar refractivity (Wildman–Crippen MR) is 173 cm³/mol. The third kappa shape index (κ3) is 24.2. The summed E-state index contributed by atoms with van der Waals surface area (Å²) in [6, 6.07) is 11.2. The number of unbranched alkanes of at least 4 members (excludes halogenated alkanes) is 24. The number of benzene rings is 1. The average molecular weight is 528 g/mol. The van der Waals surface area contributed by atoms with Crippen molar-refractivity contribution in [2.75, 3.05) is 13.1 Å². The molecule has 1 aromatic carbocycles. The molecule has 0 amide bonds. The third-order valence-electron chi connectivity index (χ3n) is 8.40. The van der Waals surface area contributed by atoms with E-state index in [-0.39, 0.29) is 0 Å². The molecular weight excluding hydrogens is 458 g/mol. The van der Waals surface area contributed by atoms with E-state index in [4.69, 9.17) is 0 Å². The van der Waals surface area contributed by atoms with E-state index in [2.05, 4.69) is 49.1 Å². The summed E-state index contributed by atoms with van der Waals surface area (Å²) in [6.07, 6.45) is 37.5. The lowest BCUT2D eigenvalue weighted by Crippen LogP contribution is -2.25. The highest BCUT2D eigenvalue weighted by Crippen LogP contribution is 2.15. The zero-order chi connectivity index (χ0) is 27.2. The second-order valence-corrected chi connectivity index (χ2v) is 12.2. The molecule has 1 heteroatoms. The van der Waals surface area contributed by atoms with Crippen LogP contribution in [0, 0.1) is 0 Å². The maximum Gasteiger partial charge on any atom is 0.0233 e. The van der Waals surface area contributed by atoms with E-state index in [0.717, 1.165) is 6.54 Å². The van der Waals surface area contributed by atoms with Crippen LogP contribution in [0.4, 0.5) is 0 Å². The molecule has 0 aliphatic carbocycles. The van der Waals surface area contributed by atoms with Crippen LogP contribution in [0.1, 0.15) is 186 Å². The van der Waals surface area contributed by atoms with Crippen LogP contribution in [-0.2, 0) is 6.54 Å². The minimum Gasteiger partial charge on any atom is -0.299 e. The molecule has 1 aromatic rings. The summed E-state index contributed by atoms with van der Waals surface area (Å²) in [4.78, 5) is 2.74. The van der Waals surface area contributed by atoms with Crippen LogP contribution in [0.5, 0.6) is 0 Å². The van der Waals surface area contributed by atoms with Crippen molar-refractivity contribution in [2.24, 2.45) is 0 Å². The standard InChI is InChI=1S/C37H69N/c1-3-5-7-9-11-13-15-17-19-21-23-25-30-34-38(36-37-32-28-27-29-33-37)35-31-26-24-22-20-18-16-14-12-10-8-6-4-2/h27-29,32-33H,3-26,30-31,34-36H2,1-2H3. The smallest absolute Gasteiger partial charge is 0.0233 e. The maximum atomic E-state index is 2.74. The van der Waals surface area contributed by atoms with Crippen molar-refractivity contribution in [2.45, 2.75) is 187 Å². The summed E-state index contributed by atoms with van der Waals surface area (Å²) < 4.78 is 0. The van der Waals surface area contributed by atoms with Gasteiger partial charge in [0.2, 0.25) is 0 Å². The fourth-order valence-corrected chi connectivity index (χ4v) is 5.82. The predicted octanol–water partition coefficient (Wildman–Crippen LogP) is 12.7. The highest BCUT2D eigenvalue weighted by atomic mass is 15.1. The molecular formula is C37H69N. The first kappa shape index (κ1) is 35.2. The summed E-state index contributed by atoms with van der Waals surface area (Å²) in [5.74, 6) is 0. The molecule has 1 rings (SSSR count). The van der Waals surface area contributed by atoms with Crippen LogP contribution < -0.4 is 0 Å². The highest BCUT2D eigenvalue weighted by Gasteiger charge is 2.06. The molecule has 0 unspecified atom stereocenters. The number of hydrogen-bond acceptors (Lipinski definition) is 1. The van der Waals surface area contributed by atoms with E-state index >= 15 is 0 Å². The summed E-state index contributed by atoms with van der Waals surface area (Å²) in [5.41, 5.74) is 1.48. The van der Waals surface area contributed by atoms with Gasteiger partial charge in [-0.05, 0) is 31.5 Å². The van der Waals surface area contributed by atoms with Crippen LogP contribution in [0.2, 0.25) is 0 Å². The van der Waals surface area contributed by atoms with Gasteiger partial charge in [-0.15, -0.1) is 0 Å². The minimum absolute atomic E-state index is 1.14. The molecule has 0 saturated heterocycles. The quantitative estimate of drug-likeness (QED) is 0.0899. The Morgan fingerprint density at radius 1 is 0.368 bits per heavy atom. The van der Waals surface area contributed by atoms with E-state index in [9.17, 15) is 0 Å². The van der Waals surface area contributed by atoms with Crippen LogP contribution in [0.3, 0.4) is 0 Å². The number of hydrogen-bond donors (Lipinski definition) is 0. The lowest BCUT2D eigenvalue weighted by Gasteiger charge is -2.22. The van der Waals surface area contributed by atoms with Crippen molar-refractivity contribution in [1.29, 1.82) is 0 Å². The van der Waals surface area contributed by atoms with E-state index in [0.29, 0.717) is 0 Å². The molecule has 0 heterocycles. The van der Waals surface area contributed by atoms with Gasteiger partial charge in [-0.25, -0.2) is 0 Å². The molecule has 0 N–H and O–H groups in total. The van der Waals surface area contributed by atoms with E-state index in [1.54, 1.807) is 0 Å². The van der Waals surface area contributed by atoms with Crippen LogP contribution in [0.15, 0.2) is 30.3 Å². The summed E-state index contributed by atoms with van der Waals surface area (Å²) >= 11 is 0. The Kier molecular flexibility index (Phi) is 27.0. The zero-order valence-electron chi connectivity index (χ0n) is 26.3. The van der Waals surface area contributed by atoms with Gasteiger partial charge >= 0.3 is 0 Å². The average Bonchev–Trinajstić information content (AvgIpc) is 2.94. The summed E-state index contributed by atoms with van der Waals surface area (Å²) in [5, 5.41) is 0. The maximum absolute atomic E-state index is 2.74. The first-order valence-corrected chi connectivity index (χ1v) is 17.6. The van der Waals surface area contributed by atoms with Gasteiger partial charge < -0.3 is 0 Å². The lowest BCUT2D eigenvalue weighted by atomic mass is 10.0. The van der Waals surface area contributed by atoms with Gasteiger partial charge in [0.05, 0.1) is 0 Å². The summed E-state index contributed by atoms with van der Waals surface area (Å²) in [6.45, 7) is 8.32. The molecule has 1 nitrogen and oxygen atoms in total. The first-order valence-electron chi connectivity index (χ1n) is 17.6. The fraction of sp³-hybridized carbons (Fsp3) is 0.838. The zero-order valence-corrected chi connectivity index (χ0v) is 26.3. The molecule has 38 heavy (non-hydrogen) atoms. The van der Waals surface area contributed by atoms with Gasteiger partial charge in [-0.1, -0.05) is 198 Å². The van der Waals surface area contributed by atoms with Gasteiger partial charge in [0.15, 0.2) is 0 Å². The minimum atomic E-state index is 1.14. The Hall–Kier alpha value is -0.820. The molecule has 0 radical (unpaired) electrons. The Bertz CT molecular complexity index is 523. The molecule has 0 aliphatic heterocycles. The van der Waals surface area contributed by atoms with Gasteiger partial charge in [-0.3, -0.25) is 4.90 Å². The monoisotopic (exact) mass is 528 g/mol. The molecule has 0 atom stereocenters. The summed E-state index contributed by atoms with van der Waals surface area (Å²) in [7, 11) is 0. The SMILES string of the molecule is CCCCCCCCCCCCCCCN(CCCCCCCCCCCCCCC)Cc1ccccc1. The first-order chi connectivity index (χ1) is 18.9. The number of rotatable bonds is 30. The second-order valence-electron chi connectivity index (χ2n) is 12.2. The lowest BCUT2D eigenvalue weighted by molar-refractivity contribution is 0.252. The van der Waals surface area contributed by atoms with E-state index in [1.165, 1.54) is 186 Å².